The van der Waals surface area contributed by atoms with Crippen molar-refractivity contribution in [2.45, 2.75) is 39.4 Å². The van der Waals surface area contributed by atoms with Crippen molar-refractivity contribution in [2.24, 2.45) is 11.7 Å². The quantitative estimate of drug-likeness (QED) is 0.807. The number of halogens is 1. The minimum absolute atomic E-state index is 0.165. The zero-order valence-corrected chi connectivity index (χ0v) is 13.3. The number of amides is 1. The monoisotopic (exact) mass is 295 g/mol. The van der Waals surface area contributed by atoms with Crippen LogP contribution in [0.1, 0.15) is 31.4 Å². The number of nitrogens with zero attached hydrogens (tertiary/aromatic N) is 1. The molecule has 1 aromatic rings. The van der Waals surface area contributed by atoms with Gasteiger partial charge in [-0.2, -0.15) is 0 Å². The van der Waals surface area contributed by atoms with Crippen LogP contribution in [-0.2, 0) is 17.9 Å². The lowest BCUT2D eigenvalue weighted by Gasteiger charge is -2.15. The van der Waals surface area contributed by atoms with Crippen molar-refractivity contribution < 1.29 is 9.18 Å². The van der Waals surface area contributed by atoms with Gasteiger partial charge in [0, 0.05) is 18.7 Å². The number of hydrogen-bond donors (Lipinski definition) is 2. The maximum atomic E-state index is 13.7. The number of rotatable bonds is 7. The second-order valence-electron chi connectivity index (χ2n) is 6.12. The fourth-order valence-corrected chi connectivity index (χ4v) is 2.14. The molecule has 1 atom stereocenters. The van der Waals surface area contributed by atoms with E-state index in [0.717, 1.165) is 5.56 Å². The number of carbonyl (C=O) groups excluding carboxylic acids is 1. The van der Waals surface area contributed by atoms with E-state index in [-0.39, 0.29) is 11.7 Å². The number of nitrogens with one attached hydrogen (secondary N) is 1. The van der Waals surface area contributed by atoms with Crippen LogP contribution in [0.2, 0.25) is 0 Å². The molecule has 0 aliphatic rings. The van der Waals surface area contributed by atoms with Gasteiger partial charge in [0.1, 0.15) is 5.82 Å². The number of carbonyl (C=O) groups is 1. The van der Waals surface area contributed by atoms with E-state index in [1.165, 1.54) is 6.07 Å². The van der Waals surface area contributed by atoms with Gasteiger partial charge in [-0.1, -0.05) is 19.9 Å². The standard InChI is InChI=1S/C16H26FN3O/c1-11(2)7-15(18)16(21)19-9-12-5-6-14(17)13(8-12)10-20(3)4/h5-6,8,11,15H,7,9-10,18H2,1-4H3,(H,19,21)/t15-/m0/s1. The van der Waals surface area contributed by atoms with E-state index < -0.39 is 6.04 Å². The molecule has 5 heteroatoms. The van der Waals surface area contributed by atoms with E-state index in [1.807, 2.05) is 32.8 Å². The highest BCUT2D eigenvalue weighted by Gasteiger charge is 2.14. The van der Waals surface area contributed by atoms with Gasteiger partial charge in [-0.3, -0.25) is 4.79 Å². The van der Waals surface area contributed by atoms with E-state index >= 15 is 0 Å². The van der Waals surface area contributed by atoms with Crippen LogP contribution in [0.15, 0.2) is 18.2 Å². The molecule has 1 aromatic carbocycles. The Kier molecular flexibility index (Phi) is 6.78. The van der Waals surface area contributed by atoms with Crippen molar-refractivity contribution in [2.75, 3.05) is 14.1 Å². The molecule has 1 amide bonds. The molecule has 0 bridgehead atoms. The highest BCUT2D eigenvalue weighted by molar-refractivity contribution is 5.81. The van der Waals surface area contributed by atoms with Gasteiger partial charge in [-0.05, 0) is 44.1 Å². The van der Waals surface area contributed by atoms with E-state index in [4.69, 9.17) is 5.73 Å². The third kappa shape index (κ3) is 6.23. The van der Waals surface area contributed by atoms with Crippen molar-refractivity contribution in [1.82, 2.24) is 10.2 Å². The molecule has 118 valence electrons. The molecule has 0 heterocycles. The van der Waals surface area contributed by atoms with Gasteiger partial charge in [0.2, 0.25) is 5.91 Å². The maximum absolute atomic E-state index is 13.7. The van der Waals surface area contributed by atoms with Gasteiger partial charge in [0.05, 0.1) is 6.04 Å². The van der Waals surface area contributed by atoms with Crippen LogP contribution in [0.5, 0.6) is 0 Å². The summed E-state index contributed by atoms with van der Waals surface area (Å²) in [6.45, 7) is 4.95. The number of benzene rings is 1. The summed E-state index contributed by atoms with van der Waals surface area (Å²) in [5.41, 5.74) is 7.32. The molecule has 0 fully saturated rings. The first-order chi connectivity index (χ1) is 9.79. The Hall–Kier alpha value is -1.46. The molecule has 4 nitrogen and oxygen atoms in total. The topological polar surface area (TPSA) is 58.4 Å². The van der Waals surface area contributed by atoms with Crippen LogP contribution in [0.3, 0.4) is 0 Å². The van der Waals surface area contributed by atoms with Gasteiger partial charge < -0.3 is 16.0 Å². The van der Waals surface area contributed by atoms with Crippen molar-refractivity contribution in [3.63, 3.8) is 0 Å². The van der Waals surface area contributed by atoms with Crippen molar-refractivity contribution in [3.8, 4) is 0 Å². The molecule has 3 N–H and O–H groups in total. The Morgan fingerprint density at radius 2 is 2.05 bits per heavy atom. The van der Waals surface area contributed by atoms with Crippen molar-refractivity contribution in [3.05, 3.63) is 35.1 Å². The number of nitrogens with two attached hydrogens (primary N) is 1. The van der Waals surface area contributed by atoms with Crippen LogP contribution in [-0.4, -0.2) is 30.9 Å². The minimum atomic E-state index is -0.494. The molecular formula is C16H26FN3O. The Labute approximate surface area is 126 Å². The van der Waals surface area contributed by atoms with Gasteiger partial charge in [-0.15, -0.1) is 0 Å². The van der Waals surface area contributed by atoms with Crippen molar-refractivity contribution >= 4 is 5.91 Å². The largest absolute Gasteiger partial charge is 0.351 e. The third-order valence-electron chi connectivity index (χ3n) is 3.13. The molecule has 1 rings (SSSR count). The van der Waals surface area contributed by atoms with Gasteiger partial charge in [-0.25, -0.2) is 4.39 Å². The highest BCUT2D eigenvalue weighted by Crippen LogP contribution is 2.12. The lowest BCUT2D eigenvalue weighted by molar-refractivity contribution is -0.122. The first kappa shape index (κ1) is 17.6. The fraction of sp³-hybridized carbons (Fsp3) is 0.562. The molecule has 0 saturated heterocycles. The Balaban J connectivity index is 2.61. The average Bonchev–Trinajstić information content (AvgIpc) is 2.37. The number of hydrogen-bond acceptors (Lipinski definition) is 3. The molecule has 0 unspecified atom stereocenters. The predicted molar refractivity (Wildman–Crippen MR) is 83.1 cm³/mol. The minimum Gasteiger partial charge on any atom is -0.351 e. The molecule has 0 spiro atoms. The molecule has 0 aliphatic carbocycles. The van der Waals surface area contributed by atoms with E-state index in [2.05, 4.69) is 5.32 Å². The second-order valence-corrected chi connectivity index (χ2v) is 6.12. The molecule has 0 saturated carbocycles. The Morgan fingerprint density at radius 1 is 1.38 bits per heavy atom. The summed E-state index contributed by atoms with van der Waals surface area (Å²) in [5.74, 6) is -0.0132. The maximum Gasteiger partial charge on any atom is 0.237 e. The van der Waals surface area contributed by atoms with Crippen LogP contribution >= 0.6 is 0 Å². The fourth-order valence-electron chi connectivity index (χ4n) is 2.14. The third-order valence-corrected chi connectivity index (χ3v) is 3.13. The SMILES string of the molecule is CC(C)C[C@H](N)C(=O)NCc1ccc(F)c(CN(C)C)c1. The normalized spacial score (nSPS) is 12.8. The van der Waals surface area contributed by atoms with Gasteiger partial charge in [0.25, 0.3) is 0 Å². The lowest BCUT2D eigenvalue weighted by Crippen LogP contribution is -2.41. The predicted octanol–water partition coefficient (Wildman–Crippen LogP) is 1.88. The summed E-state index contributed by atoms with van der Waals surface area (Å²) >= 11 is 0. The van der Waals surface area contributed by atoms with Crippen LogP contribution < -0.4 is 11.1 Å². The first-order valence-electron chi connectivity index (χ1n) is 7.25. The van der Waals surface area contributed by atoms with Gasteiger partial charge in [0.15, 0.2) is 0 Å². The summed E-state index contributed by atoms with van der Waals surface area (Å²) in [6.07, 6.45) is 0.654. The highest BCUT2D eigenvalue weighted by atomic mass is 19.1. The Morgan fingerprint density at radius 3 is 2.62 bits per heavy atom. The molecular weight excluding hydrogens is 269 g/mol. The van der Waals surface area contributed by atoms with E-state index in [0.29, 0.717) is 31.0 Å². The van der Waals surface area contributed by atoms with Crippen LogP contribution in [0, 0.1) is 11.7 Å². The average molecular weight is 295 g/mol. The summed E-state index contributed by atoms with van der Waals surface area (Å²) in [6, 6.07) is 4.41. The molecule has 0 aliphatic heterocycles. The van der Waals surface area contributed by atoms with Crippen molar-refractivity contribution in [1.29, 1.82) is 0 Å². The zero-order valence-electron chi connectivity index (χ0n) is 13.3. The zero-order chi connectivity index (χ0) is 16.0. The second kappa shape index (κ2) is 8.10. The van der Waals surface area contributed by atoms with Crippen LogP contribution in [0.25, 0.3) is 0 Å². The molecule has 0 aromatic heterocycles. The molecule has 21 heavy (non-hydrogen) atoms. The summed E-state index contributed by atoms with van der Waals surface area (Å²) in [5, 5.41) is 2.80. The van der Waals surface area contributed by atoms with E-state index in [9.17, 15) is 9.18 Å². The first-order valence-corrected chi connectivity index (χ1v) is 7.25. The lowest BCUT2D eigenvalue weighted by atomic mass is 10.0. The Bertz CT molecular complexity index is 475. The van der Waals surface area contributed by atoms with E-state index in [1.54, 1.807) is 12.1 Å². The van der Waals surface area contributed by atoms with Gasteiger partial charge >= 0.3 is 0 Å². The summed E-state index contributed by atoms with van der Waals surface area (Å²) in [7, 11) is 3.78. The summed E-state index contributed by atoms with van der Waals surface area (Å²) < 4.78 is 13.7. The summed E-state index contributed by atoms with van der Waals surface area (Å²) in [4.78, 5) is 13.8. The molecule has 0 radical (unpaired) electrons. The van der Waals surface area contributed by atoms with Crippen LogP contribution in [0.4, 0.5) is 4.39 Å². The smallest absolute Gasteiger partial charge is 0.237 e.